The predicted molar refractivity (Wildman–Crippen MR) is 77.4 cm³/mol. The van der Waals surface area contributed by atoms with Crippen LogP contribution in [0.5, 0.6) is 0 Å². The monoisotopic (exact) mass is 348 g/mol. The Morgan fingerprint density at radius 2 is 1.88 bits per heavy atom. The number of aliphatic hydroxyl groups excluding tert-OH is 5. The van der Waals surface area contributed by atoms with E-state index >= 15 is 0 Å². The zero-order valence-corrected chi connectivity index (χ0v) is 13.1. The molecule has 138 valence electrons. The van der Waals surface area contributed by atoms with Gasteiger partial charge in [-0.05, 0) is 12.0 Å². The second-order valence-electron chi connectivity index (χ2n) is 6.55. The molecule has 0 unspecified atom stereocenters. The first-order valence-electron chi connectivity index (χ1n) is 8.01. The summed E-state index contributed by atoms with van der Waals surface area (Å²) in [5, 5.41) is 59.1. The van der Waals surface area contributed by atoms with Gasteiger partial charge in [-0.1, -0.05) is 6.08 Å². The summed E-state index contributed by atoms with van der Waals surface area (Å²) in [5.41, 5.74) is -0.526. The fraction of sp³-hybridized carbons (Fsp3) is 0.867. The number of hydrogen-bond donors (Lipinski definition) is 6. The number of rotatable bonds is 4. The van der Waals surface area contributed by atoms with E-state index in [9.17, 15) is 30.6 Å². The lowest BCUT2D eigenvalue weighted by molar-refractivity contribution is -0.356. The maximum absolute atomic E-state index is 10.7. The maximum atomic E-state index is 10.7. The zero-order chi connectivity index (χ0) is 17.5. The molecular weight excluding hydrogens is 324 g/mol. The molecule has 0 saturated carbocycles. The van der Waals surface area contributed by atoms with Gasteiger partial charge in [-0.15, -0.1) is 0 Å². The molecule has 0 spiro atoms. The fourth-order valence-corrected chi connectivity index (χ4v) is 3.63. The minimum absolute atomic E-state index is 0.224. The van der Waals surface area contributed by atoms with Gasteiger partial charge in [-0.25, -0.2) is 0 Å². The van der Waals surface area contributed by atoms with Crippen molar-refractivity contribution in [2.45, 2.75) is 55.4 Å². The molecule has 3 rings (SSSR count). The third-order valence-electron chi connectivity index (χ3n) is 5.08. The standard InChI is InChI=1S/C15H24O9/c16-5-7-1-2-15(21)3-4-22-13(9(7)15)24-14-12(20)11(19)10(18)8(6-17)23-14/h1,8-14,16-21H,2-6H2/t8-,9+,10-,11+,12-,13+,14+,15+/m1/s1. The summed E-state index contributed by atoms with van der Waals surface area (Å²) < 4.78 is 16.5. The van der Waals surface area contributed by atoms with Crippen LogP contribution in [0.4, 0.5) is 0 Å². The lowest BCUT2D eigenvalue weighted by Crippen LogP contribution is -2.61. The number of aliphatic hydroxyl groups is 6. The molecule has 0 radical (unpaired) electrons. The molecule has 0 amide bonds. The topological polar surface area (TPSA) is 149 Å². The van der Waals surface area contributed by atoms with E-state index in [4.69, 9.17) is 14.2 Å². The first-order valence-corrected chi connectivity index (χ1v) is 8.01. The van der Waals surface area contributed by atoms with Gasteiger partial charge in [0.15, 0.2) is 12.6 Å². The van der Waals surface area contributed by atoms with Gasteiger partial charge in [0.25, 0.3) is 0 Å². The molecule has 0 aromatic rings. The molecule has 1 aliphatic carbocycles. The Morgan fingerprint density at radius 3 is 2.54 bits per heavy atom. The fourth-order valence-electron chi connectivity index (χ4n) is 3.63. The summed E-state index contributed by atoms with van der Waals surface area (Å²) in [7, 11) is 0. The minimum atomic E-state index is -1.56. The van der Waals surface area contributed by atoms with Gasteiger partial charge < -0.3 is 44.8 Å². The molecular formula is C15H24O9. The summed E-state index contributed by atoms with van der Waals surface area (Å²) >= 11 is 0. The quantitative estimate of drug-likeness (QED) is 0.297. The second-order valence-corrected chi connectivity index (χ2v) is 6.55. The molecule has 0 aromatic heterocycles. The SMILES string of the molecule is OCC1=CC[C@]2(O)CCO[C@@H](O[C@@H]3O[C@H](CO)[C@@H](O)[C@H](O)[C@H]3O)[C@H]12. The molecule has 0 bridgehead atoms. The Kier molecular flexibility index (Phi) is 5.26. The van der Waals surface area contributed by atoms with Crippen LogP contribution in [-0.4, -0.2) is 93.1 Å². The highest BCUT2D eigenvalue weighted by atomic mass is 16.8. The largest absolute Gasteiger partial charge is 0.394 e. The van der Waals surface area contributed by atoms with Crippen molar-refractivity contribution >= 4 is 0 Å². The number of ether oxygens (including phenoxy) is 3. The van der Waals surface area contributed by atoms with Crippen molar-refractivity contribution in [1.82, 2.24) is 0 Å². The Hall–Kier alpha value is -0.620. The van der Waals surface area contributed by atoms with Crippen LogP contribution in [0.15, 0.2) is 11.6 Å². The molecule has 24 heavy (non-hydrogen) atoms. The Bertz CT molecular complexity index is 482. The van der Waals surface area contributed by atoms with Gasteiger partial charge in [-0.3, -0.25) is 0 Å². The Labute approximate surface area is 138 Å². The van der Waals surface area contributed by atoms with Crippen molar-refractivity contribution in [3.05, 3.63) is 11.6 Å². The van der Waals surface area contributed by atoms with E-state index in [0.29, 0.717) is 18.4 Å². The van der Waals surface area contributed by atoms with Crippen LogP contribution < -0.4 is 0 Å². The molecule has 2 fully saturated rings. The normalized spacial score (nSPS) is 48.9. The minimum Gasteiger partial charge on any atom is -0.394 e. The van der Waals surface area contributed by atoms with Crippen LogP contribution >= 0.6 is 0 Å². The van der Waals surface area contributed by atoms with E-state index < -0.39 is 55.1 Å². The van der Waals surface area contributed by atoms with Gasteiger partial charge in [0.05, 0.1) is 31.3 Å². The van der Waals surface area contributed by atoms with Crippen molar-refractivity contribution < 1.29 is 44.8 Å². The van der Waals surface area contributed by atoms with Crippen LogP contribution in [-0.2, 0) is 14.2 Å². The molecule has 2 aliphatic heterocycles. The van der Waals surface area contributed by atoms with Crippen LogP contribution in [0.25, 0.3) is 0 Å². The highest BCUT2D eigenvalue weighted by Crippen LogP contribution is 2.45. The first kappa shape index (κ1) is 18.2. The zero-order valence-electron chi connectivity index (χ0n) is 13.1. The summed E-state index contributed by atoms with van der Waals surface area (Å²) in [4.78, 5) is 0. The van der Waals surface area contributed by atoms with E-state index in [0.717, 1.165) is 0 Å². The highest BCUT2D eigenvalue weighted by molar-refractivity contribution is 5.23. The van der Waals surface area contributed by atoms with Crippen LogP contribution in [0.2, 0.25) is 0 Å². The molecule has 6 N–H and O–H groups in total. The predicted octanol–water partition coefficient (Wildman–Crippen LogP) is -2.78. The second kappa shape index (κ2) is 6.94. The molecule has 9 heteroatoms. The summed E-state index contributed by atoms with van der Waals surface area (Å²) in [6.45, 7) is -0.599. The molecule has 9 nitrogen and oxygen atoms in total. The highest BCUT2D eigenvalue weighted by Gasteiger charge is 2.53. The van der Waals surface area contributed by atoms with Crippen molar-refractivity contribution in [3.63, 3.8) is 0 Å². The number of hydrogen-bond acceptors (Lipinski definition) is 9. The molecule has 8 atom stereocenters. The molecule has 2 saturated heterocycles. The third kappa shape index (κ3) is 3.00. The molecule has 3 aliphatic rings. The average molecular weight is 348 g/mol. The summed E-state index contributed by atoms with van der Waals surface area (Å²) in [6, 6.07) is 0. The van der Waals surface area contributed by atoms with E-state index in [1.54, 1.807) is 6.08 Å². The van der Waals surface area contributed by atoms with Crippen LogP contribution in [0.3, 0.4) is 0 Å². The van der Waals surface area contributed by atoms with Gasteiger partial charge >= 0.3 is 0 Å². The average Bonchev–Trinajstić information content (AvgIpc) is 2.92. The van der Waals surface area contributed by atoms with Gasteiger partial charge in [-0.2, -0.15) is 0 Å². The maximum Gasteiger partial charge on any atom is 0.189 e. The van der Waals surface area contributed by atoms with Crippen LogP contribution in [0, 0.1) is 5.92 Å². The lowest BCUT2D eigenvalue weighted by atomic mass is 9.82. The smallest absolute Gasteiger partial charge is 0.189 e. The van der Waals surface area contributed by atoms with Crippen molar-refractivity contribution in [2.75, 3.05) is 19.8 Å². The molecule has 2 heterocycles. The summed E-state index contributed by atoms with van der Waals surface area (Å²) in [5.74, 6) is -0.622. The van der Waals surface area contributed by atoms with Crippen LogP contribution in [0.1, 0.15) is 12.8 Å². The van der Waals surface area contributed by atoms with E-state index in [-0.39, 0.29) is 13.2 Å². The third-order valence-corrected chi connectivity index (χ3v) is 5.08. The Balaban J connectivity index is 1.75. The first-order chi connectivity index (χ1) is 11.4. The lowest BCUT2D eigenvalue weighted by Gasteiger charge is -2.45. The van der Waals surface area contributed by atoms with Gasteiger partial charge in [0, 0.05) is 6.42 Å². The molecule has 0 aromatic carbocycles. The van der Waals surface area contributed by atoms with E-state index in [2.05, 4.69) is 0 Å². The van der Waals surface area contributed by atoms with Crippen molar-refractivity contribution in [2.24, 2.45) is 5.92 Å². The van der Waals surface area contributed by atoms with Gasteiger partial charge in [0.1, 0.15) is 24.4 Å². The van der Waals surface area contributed by atoms with E-state index in [1.807, 2.05) is 0 Å². The van der Waals surface area contributed by atoms with Crippen molar-refractivity contribution in [3.8, 4) is 0 Å². The number of fused-ring (bicyclic) bond motifs is 1. The Morgan fingerprint density at radius 1 is 1.12 bits per heavy atom. The van der Waals surface area contributed by atoms with E-state index in [1.165, 1.54) is 0 Å². The van der Waals surface area contributed by atoms with Gasteiger partial charge in [0.2, 0.25) is 0 Å². The van der Waals surface area contributed by atoms with Crippen molar-refractivity contribution in [1.29, 1.82) is 0 Å². The summed E-state index contributed by atoms with van der Waals surface area (Å²) in [6.07, 6.45) is -5.54.